The number of hydrogen-bond donors (Lipinski definition) is 2. The SMILES string of the molecule is CCOc1ccc(NC(=O)NCCn2nc(-c3cccnc3)cc2C)cc1. The van der Waals surface area contributed by atoms with E-state index in [-0.39, 0.29) is 6.03 Å². The largest absolute Gasteiger partial charge is 0.494 e. The van der Waals surface area contributed by atoms with E-state index in [9.17, 15) is 4.79 Å². The van der Waals surface area contributed by atoms with Gasteiger partial charge in [-0.3, -0.25) is 9.67 Å². The molecule has 1 aromatic carbocycles. The van der Waals surface area contributed by atoms with Crippen LogP contribution in [0.4, 0.5) is 10.5 Å². The van der Waals surface area contributed by atoms with E-state index < -0.39 is 0 Å². The number of ether oxygens (including phenoxy) is 1. The first-order valence-electron chi connectivity index (χ1n) is 8.88. The summed E-state index contributed by atoms with van der Waals surface area (Å²) in [6, 6.07) is 12.9. The number of aromatic nitrogens is 3. The molecule has 0 aliphatic heterocycles. The normalized spacial score (nSPS) is 10.4. The number of hydrogen-bond acceptors (Lipinski definition) is 4. The van der Waals surface area contributed by atoms with Gasteiger partial charge in [0.2, 0.25) is 0 Å². The molecule has 2 aromatic heterocycles. The summed E-state index contributed by atoms with van der Waals surface area (Å²) in [6.07, 6.45) is 3.52. The van der Waals surface area contributed by atoms with E-state index in [1.807, 2.05) is 61.0 Å². The zero-order chi connectivity index (χ0) is 19.1. The molecule has 7 heteroatoms. The van der Waals surface area contributed by atoms with Crippen LogP contribution in [0.2, 0.25) is 0 Å². The Kier molecular flexibility index (Phi) is 6.04. The van der Waals surface area contributed by atoms with Crippen molar-refractivity contribution in [3.63, 3.8) is 0 Å². The van der Waals surface area contributed by atoms with Gasteiger partial charge in [0.25, 0.3) is 0 Å². The average molecular weight is 365 g/mol. The lowest BCUT2D eigenvalue weighted by atomic mass is 10.2. The highest BCUT2D eigenvalue weighted by Crippen LogP contribution is 2.17. The molecule has 0 radical (unpaired) electrons. The third-order valence-corrected chi connectivity index (χ3v) is 3.97. The molecule has 3 aromatic rings. The third kappa shape index (κ3) is 5.07. The first kappa shape index (κ1) is 18.4. The molecule has 27 heavy (non-hydrogen) atoms. The molecule has 2 N–H and O–H groups in total. The fourth-order valence-corrected chi connectivity index (χ4v) is 2.64. The summed E-state index contributed by atoms with van der Waals surface area (Å²) in [6.45, 7) is 5.59. The van der Waals surface area contributed by atoms with Gasteiger partial charge >= 0.3 is 6.03 Å². The minimum Gasteiger partial charge on any atom is -0.494 e. The van der Waals surface area contributed by atoms with E-state index in [4.69, 9.17) is 4.74 Å². The van der Waals surface area contributed by atoms with Crippen LogP contribution in [0, 0.1) is 6.92 Å². The first-order valence-corrected chi connectivity index (χ1v) is 8.88. The Morgan fingerprint density at radius 2 is 2.04 bits per heavy atom. The van der Waals surface area contributed by atoms with Gasteiger partial charge in [-0.1, -0.05) is 0 Å². The second kappa shape index (κ2) is 8.84. The Labute approximate surface area is 158 Å². The summed E-state index contributed by atoms with van der Waals surface area (Å²) in [5.41, 5.74) is 3.59. The van der Waals surface area contributed by atoms with Gasteiger partial charge < -0.3 is 15.4 Å². The zero-order valence-electron chi connectivity index (χ0n) is 15.5. The van der Waals surface area contributed by atoms with Crippen LogP contribution in [0.25, 0.3) is 11.3 Å². The lowest BCUT2D eigenvalue weighted by Gasteiger charge is -2.09. The number of benzene rings is 1. The average Bonchev–Trinajstić information content (AvgIpc) is 3.05. The quantitative estimate of drug-likeness (QED) is 0.672. The number of amides is 2. The second-order valence-corrected chi connectivity index (χ2v) is 5.97. The van der Waals surface area contributed by atoms with Crippen LogP contribution in [0.5, 0.6) is 5.75 Å². The summed E-state index contributed by atoms with van der Waals surface area (Å²) >= 11 is 0. The number of carbonyl (C=O) groups is 1. The molecule has 0 aliphatic carbocycles. The van der Waals surface area contributed by atoms with E-state index in [1.165, 1.54) is 0 Å². The summed E-state index contributed by atoms with van der Waals surface area (Å²) in [7, 11) is 0. The van der Waals surface area contributed by atoms with Crippen molar-refractivity contribution in [1.29, 1.82) is 0 Å². The molecule has 140 valence electrons. The predicted molar refractivity (Wildman–Crippen MR) is 105 cm³/mol. The molecule has 2 amide bonds. The zero-order valence-corrected chi connectivity index (χ0v) is 15.5. The van der Waals surface area contributed by atoms with Gasteiger partial charge in [0, 0.05) is 35.9 Å². The summed E-state index contributed by atoms with van der Waals surface area (Å²) < 4.78 is 7.26. The molecular formula is C20H23N5O2. The highest BCUT2D eigenvalue weighted by atomic mass is 16.5. The molecule has 0 fully saturated rings. The van der Waals surface area contributed by atoms with Crippen molar-refractivity contribution in [2.75, 3.05) is 18.5 Å². The third-order valence-electron chi connectivity index (χ3n) is 3.97. The van der Waals surface area contributed by atoms with Gasteiger partial charge in [0.1, 0.15) is 5.75 Å². The number of nitrogens with one attached hydrogen (secondary N) is 2. The van der Waals surface area contributed by atoms with E-state index in [2.05, 4.69) is 20.7 Å². The van der Waals surface area contributed by atoms with Gasteiger partial charge in [-0.15, -0.1) is 0 Å². The lowest BCUT2D eigenvalue weighted by Crippen LogP contribution is -2.31. The Morgan fingerprint density at radius 1 is 1.22 bits per heavy atom. The van der Waals surface area contributed by atoms with Crippen molar-refractivity contribution in [3.05, 3.63) is 60.6 Å². The van der Waals surface area contributed by atoms with Crippen molar-refractivity contribution in [3.8, 4) is 17.0 Å². The summed E-state index contributed by atoms with van der Waals surface area (Å²) in [4.78, 5) is 16.2. The molecule has 0 spiro atoms. The van der Waals surface area contributed by atoms with Crippen LogP contribution in [-0.4, -0.2) is 33.9 Å². The molecule has 7 nitrogen and oxygen atoms in total. The van der Waals surface area contributed by atoms with E-state index in [0.29, 0.717) is 25.4 Å². The van der Waals surface area contributed by atoms with Gasteiger partial charge in [0.05, 0.1) is 18.8 Å². The maximum absolute atomic E-state index is 12.0. The monoisotopic (exact) mass is 365 g/mol. The number of rotatable bonds is 7. The van der Waals surface area contributed by atoms with Crippen LogP contribution < -0.4 is 15.4 Å². The number of nitrogens with zero attached hydrogens (tertiary/aromatic N) is 3. The smallest absolute Gasteiger partial charge is 0.319 e. The standard InChI is InChI=1S/C20H23N5O2/c1-3-27-18-8-6-17(7-9-18)23-20(26)22-11-12-25-15(2)13-19(24-25)16-5-4-10-21-14-16/h4-10,13-14H,3,11-12H2,1-2H3,(H2,22,23,26). The highest BCUT2D eigenvalue weighted by molar-refractivity contribution is 5.89. The van der Waals surface area contributed by atoms with Gasteiger partial charge in [-0.25, -0.2) is 4.79 Å². The van der Waals surface area contributed by atoms with E-state index >= 15 is 0 Å². The van der Waals surface area contributed by atoms with Crippen molar-refractivity contribution in [2.24, 2.45) is 0 Å². The Morgan fingerprint density at radius 3 is 2.74 bits per heavy atom. The van der Waals surface area contributed by atoms with E-state index in [1.54, 1.807) is 12.4 Å². The van der Waals surface area contributed by atoms with Crippen LogP contribution in [-0.2, 0) is 6.54 Å². The predicted octanol–water partition coefficient (Wildman–Crippen LogP) is 3.47. The number of pyridine rings is 1. The minimum atomic E-state index is -0.253. The molecular weight excluding hydrogens is 342 g/mol. The molecule has 2 heterocycles. The lowest BCUT2D eigenvalue weighted by molar-refractivity contribution is 0.251. The number of aryl methyl sites for hydroxylation is 1. The number of carbonyl (C=O) groups excluding carboxylic acids is 1. The number of urea groups is 1. The summed E-state index contributed by atoms with van der Waals surface area (Å²) in [5, 5.41) is 10.2. The van der Waals surface area contributed by atoms with Crippen molar-refractivity contribution in [2.45, 2.75) is 20.4 Å². The fraction of sp³-hybridized carbons (Fsp3) is 0.250. The molecule has 0 unspecified atom stereocenters. The molecule has 0 saturated heterocycles. The first-order chi connectivity index (χ1) is 13.2. The van der Waals surface area contributed by atoms with Gasteiger partial charge in [0.15, 0.2) is 0 Å². The number of anilines is 1. The van der Waals surface area contributed by atoms with Crippen LogP contribution in [0.3, 0.4) is 0 Å². The molecule has 3 rings (SSSR count). The van der Waals surface area contributed by atoms with Crippen LogP contribution in [0.15, 0.2) is 54.9 Å². The highest BCUT2D eigenvalue weighted by Gasteiger charge is 2.07. The Bertz CT molecular complexity index is 875. The van der Waals surface area contributed by atoms with Crippen molar-refractivity contribution >= 4 is 11.7 Å². The van der Waals surface area contributed by atoms with Crippen molar-refractivity contribution in [1.82, 2.24) is 20.1 Å². The molecule has 0 aliphatic rings. The van der Waals surface area contributed by atoms with Crippen LogP contribution in [0.1, 0.15) is 12.6 Å². The molecule has 0 atom stereocenters. The Hall–Kier alpha value is -3.35. The summed E-state index contributed by atoms with van der Waals surface area (Å²) in [5.74, 6) is 0.780. The van der Waals surface area contributed by atoms with Gasteiger partial charge in [-0.2, -0.15) is 5.10 Å². The van der Waals surface area contributed by atoms with Gasteiger partial charge in [-0.05, 0) is 56.3 Å². The fourth-order valence-electron chi connectivity index (χ4n) is 2.64. The van der Waals surface area contributed by atoms with Crippen molar-refractivity contribution < 1.29 is 9.53 Å². The maximum atomic E-state index is 12.0. The van der Waals surface area contributed by atoms with Crippen LogP contribution >= 0.6 is 0 Å². The Balaban J connectivity index is 1.49. The minimum absolute atomic E-state index is 0.253. The molecule has 0 bridgehead atoms. The topological polar surface area (TPSA) is 81.1 Å². The second-order valence-electron chi connectivity index (χ2n) is 5.97. The van der Waals surface area contributed by atoms with E-state index in [0.717, 1.165) is 22.7 Å². The maximum Gasteiger partial charge on any atom is 0.319 e. The molecule has 0 saturated carbocycles.